The summed E-state index contributed by atoms with van der Waals surface area (Å²) in [6.07, 6.45) is 3.22. The molecule has 0 aliphatic carbocycles. The average molecular weight is 494 g/mol. The fourth-order valence-corrected chi connectivity index (χ4v) is 3.89. The number of hydrogen-bond donors (Lipinski definition) is 3. The molecule has 0 saturated carbocycles. The van der Waals surface area contributed by atoms with Gasteiger partial charge in [-0.2, -0.15) is 0 Å². The summed E-state index contributed by atoms with van der Waals surface area (Å²) in [7, 11) is 3.88. The van der Waals surface area contributed by atoms with Gasteiger partial charge in [-0.05, 0) is 62.3 Å². The summed E-state index contributed by atoms with van der Waals surface area (Å²) in [5, 5.41) is 9.40. The van der Waals surface area contributed by atoms with E-state index in [0.717, 1.165) is 31.6 Å². The maximum absolute atomic E-state index is 13.4. The lowest BCUT2D eigenvalue weighted by molar-refractivity contribution is 0.101. The van der Waals surface area contributed by atoms with Crippen LogP contribution in [0.1, 0.15) is 33.6 Å². The summed E-state index contributed by atoms with van der Waals surface area (Å²) in [6.45, 7) is 1.76. The maximum atomic E-state index is 13.4. The molecular weight excluding hydrogens is 466 g/mol. The van der Waals surface area contributed by atoms with Crippen LogP contribution in [0.15, 0.2) is 60.8 Å². The summed E-state index contributed by atoms with van der Waals surface area (Å²) in [4.78, 5) is 32.3. The molecule has 9 heteroatoms. The Morgan fingerprint density at radius 2 is 1.74 bits per heavy atom. The van der Waals surface area contributed by atoms with Crippen molar-refractivity contribution in [2.75, 3.05) is 42.7 Å². The van der Waals surface area contributed by atoms with Crippen LogP contribution in [0.3, 0.4) is 0 Å². The first-order chi connectivity index (χ1) is 16.9. The predicted octanol–water partition coefficient (Wildman–Crippen LogP) is 4.44. The quantitative estimate of drug-likeness (QED) is 0.450. The van der Waals surface area contributed by atoms with E-state index in [1.165, 1.54) is 6.20 Å². The summed E-state index contributed by atoms with van der Waals surface area (Å²) < 4.78 is 6.28. The number of carbonyl (C=O) groups excluding carboxylic acids is 2. The van der Waals surface area contributed by atoms with Crippen LogP contribution in [0.5, 0.6) is 5.75 Å². The smallest absolute Gasteiger partial charge is 0.259 e. The molecule has 1 aliphatic heterocycles. The highest BCUT2D eigenvalue weighted by molar-refractivity contribution is 6.30. The lowest BCUT2D eigenvalue weighted by atomic mass is 10.1. The number of hydrogen-bond acceptors (Lipinski definition) is 6. The summed E-state index contributed by atoms with van der Waals surface area (Å²) in [6, 6.07) is 15.6. The van der Waals surface area contributed by atoms with Crippen molar-refractivity contribution in [2.24, 2.45) is 0 Å². The van der Waals surface area contributed by atoms with Crippen LogP contribution in [0, 0.1) is 0 Å². The van der Waals surface area contributed by atoms with Crippen molar-refractivity contribution in [3.05, 3.63) is 76.9 Å². The molecule has 0 radical (unpaired) electrons. The van der Waals surface area contributed by atoms with E-state index in [4.69, 9.17) is 16.3 Å². The number of anilines is 3. The minimum absolute atomic E-state index is 0.0325. The largest absolute Gasteiger partial charge is 0.489 e. The van der Waals surface area contributed by atoms with Crippen molar-refractivity contribution in [3.8, 4) is 5.75 Å². The van der Waals surface area contributed by atoms with Gasteiger partial charge >= 0.3 is 0 Å². The van der Waals surface area contributed by atoms with Crippen LogP contribution in [0.2, 0.25) is 5.02 Å². The first-order valence-corrected chi connectivity index (χ1v) is 11.8. The van der Waals surface area contributed by atoms with E-state index >= 15 is 0 Å². The highest BCUT2D eigenvalue weighted by Crippen LogP contribution is 2.29. The van der Waals surface area contributed by atoms with E-state index in [1.807, 2.05) is 31.1 Å². The number of nitrogens with zero attached hydrogens (tertiary/aromatic N) is 2. The van der Waals surface area contributed by atoms with Gasteiger partial charge < -0.3 is 25.6 Å². The molecule has 1 fully saturated rings. The molecule has 0 bridgehead atoms. The van der Waals surface area contributed by atoms with Gasteiger partial charge in [0, 0.05) is 32.0 Å². The van der Waals surface area contributed by atoms with Crippen LogP contribution in [-0.2, 0) is 0 Å². The van der Waals surface area contributed by atoms with E-state index < -0.39 is 5.91 Å². The van der Waals surface area contributed by atoms with E-state index in [9.17, 15) is 9.59 Å². The third-order valence-corrected chi connectivity index (χ3v) is 5.92. The predicted molar refractivity (Wildman–Crippen MR) is 139 cm³/mol. The second kappa shape index (κ2) is 11.2. The fourth-order valence-electron chi connectivity index (χ4n) is 3.78. The Bertz CT molecular complexity index is 1190. The normalized spacial score (nSPS) is 13.7. The first kappa shape index (κ1) is 24.5. The molecule has 2 amide bonds. The van der Waals surface area contributed by atoms with Crippen LogP contribution in [0.25, 0.3) is 0 Å². The molecule has 2 aromatic carbocycles. The van der Waals surface area contributed by atoms with Gasteiger partial charge in [0.25, 0.3) is 11.8 Å². The Kier molecular flexibility index (Phi) is 7.84. The van der Waals surface area contributed by atoms with E-state index in [1.54, 1.807) is 42.5 Å². The van der Waals surface area contributed by atoms with Crippen molar-refractivity contribution in [1.82, 2.24) is 10.3 Å². The van der Waals surface area contributed by atoms with Crippen molar-refractivity contribution in [1.29, 1.82) is 0 Å². The highest BCUT2D eigenvalue weighted by Gasteiger charge is 2.21. The molecule has 1 aromatic heterocycles. The van der Waals surface area contributed by atoms with Gasteiger partial charge in [0.05, 0.1) is 21.8 Å². The Hall–Kier alpha value is -3.62. The van der Waals surface area contributed by atoms with Gasteiger partial charge in [0.2, 0.25) is 0 Å². The molecule has 4 rings (SSSR count). The highest BCUT2D eigenvalue weighted by atomic mass is 35.5. The number of carbonyl (C=O) groups is 2. The van der Waals surface area contributed by atoms with Gasteiger partial charge in [-0.25, -0.2) is 4.98 Å². The maximum Gasteiger partial charge on any atom is 0.259 e. The van der Waals surface area contributed by atoms with E-state index in [0.29, 0.717) is 33.4 Å². The lowest BCUT2D eigenvalue weighted by Crippen LogP contribution is -2.34. The number of ether oxygens (including phenoxy) is 1. The van der Waals surface area contributed by atoms with Gasteiger partial charge in [0.15, 0.2) is 0 Å². The van der Waals surface area contributed by atoms with Gasteiger partial charge in [0.1, 0.15) is 17.7 Å². The molecule has 35 heavy (non-hydrogen) atoms. The number of piperidine rings is 1. The zero-order chi connectivity index (χ0) is 24.8. The fraction of sp³-hybridized carbons (Fsp3) is 0.269. The third kappa shape index (κ3) is 6.29. The number of para-hydroxylation sites is 1. The second-order valence-electron chi connectivity index (χ2n) is 8.46. The first-order valence-electron chi connectivity index (χ1n) is 11.4. The number of benzene rings is 2. The minimum atomic E-state index is -0.398. The van der Waals surface area contributed by atoms with Crippen molar-refractivity contribution < 1.29 is 14.3 Å². The zero-order valence-corrected chi connectivity index (χ0v) is 20.4. The standard InChI is InChI=1S/C26H28ClN5O3/c1-32(2)18-8-9-21(23(15-18)35-19-11-13-28-14-12-19)26(34)30-22-6-4-3-5-20(22)25(33)31-24-10-7-17(27)16-29-24/h3-10,15-16,19,28H,11-14H2,1-2H3,(H,30,34)(H,29,31,33). The molecule has 2 heterocycles. The molecule has 8 nitrogen and oxygen atoms in total. The molecular formula is C26H28ClN5O3. The number of amides is 2. The van der Waals surface area contributed by atoms with Crippen LogP contribution >= 0.6 is 11.6 Å². The van der Waals surface area contributed by atoms with E-state index in [-0.39, 0.29) is 12.0 Å². The Labute approximate surface area is 209 Å². The minimum Gasteiger partial charge on any atom is -0.489 e. The van der Waals surface area contributed by atoms with E-state index in [2.05, 4.69) is 20.9 Å². The number of halogens is 1. The third-order valence-electron chi connectivity index (χ3n) is 5.69. The van der Waals surface area contributed by atoms with Crippen LogP contribution in [0.4, 0.5) is 17.2 Å². The Balaban J connectivity index is 1.56. The van der Waals surface area contributed by atoms with Crippen LogP contribution in [-0.4, -0.2) is 50.1 Å². The SMILES string of the molecule is CN(C)c1ccc(C(=O)Nc2ccccc2C(=O)Nc2ccc(Cl)cn2)c(OC2CCNCC2)c1. The average Bonchev–Trinajstić information content (AvgIpc) is 2.86. The Morgan fingerprint density at radius 3 is 2.46 bits per heavy atom. The van der Waals surface area contributed by atoms with Crippen molar-refractivity contribution in [3.63, 3.8) is 0 Å². The van der Waals surface area contributed by atoms with Gasteiger partial charge in [-0.1, -0.05) is 23.7 Å². The molecule has 0 spiro atoms. The monoisotopic (exact) mass is 493 g/mol. The van der Waals surface area contributed by atoms with Crippen LogP contribution < -0.4 is 25.6 Å². The zero-order valence-electron chi connectivity index (χ0n) is 19.7. The molecule has 0 unspecified atom stereocenters. The number of nitrogens with one attached hydrogen (secondary N) is 3. The number of rotatable bonds is 7. The summed E-state index contributed by atoms with van der Waals surface area (Å²) in [5.74, 6) is 0.124. The van der Waals surface area contributed by atoms with Gasteiger partial charge in [-0.3, -0.25) is 9.59 Å². The van der Waals surface area contributed by atoms with Crippen molar-refractivity contribution in [2.45, 2.75) is 18.9 Å². The topological polar surface area (TPSA) is 95.6 Å². The van der Waals surface area contributed by atoms with Crippen molar-refractivity contribution >= 4 is 40.6 Å². The number of aromatic nitrogens is 1. The Morgan fingerprint density at radius 1 is 1.00 bits per heavy atom. The molecule has 3 aromatic rings. The summed E-state index contributed by atoms with van der Waals surface area (Å²) in [5.41, 5.74) is 2.03. The molecule has 182 valence electrons. The second-order valence-corrected chi connectivity index (χ2v) is 8.89. The number of pyridine rings is 1. The molecule has 0 atom stereocenters. The summed E-state index contributed by atoms with van der Waals surface area (Å²) >= 11 is 5.87. The molecule has 3 N–H and O–H groups in total. The lowest BCUT2D eigenvalue weighted by Gasteiger charge is -2.26. The molecule has 1 saturated heterocycles. The van der Waals surface area contributed by atoms with Gasteiger partial charge in [-0.15, -0.1) is 0 Å². The molecule has 1 aliphatic rings.